The van der Waals surface area contributed by atoms with Crippen LogP contribution in [0, 0.1) is 5.92 Å². The highest BCUT2D eigenvalue weighted by molar-refractivity contribution is 6.35. The molecular formula is C15H17ClF2N2O. The Morgan fingerprint density at radius 2 is 2.19 bits per heavy atom. The highest BCUT2D eigenvalue weighted by Gasteiger charge is 2.42. The third-order valence-corrected chi connectivity index (χ3v) is 4.60. The molecule has 2 aliphatic rings. The number of anilines is 2. The molecule has 2 heterocycles. The Balaban J connectivity index is 1.93. The van der Waals surface area contributed by atoms with Gasteiger partial charge in [0.25, 0.3) is 5.92 Å². The van der Waals surface area contributed by atoms with Crippen LogP contribution in [0.25, 0.3) is 6.08 Å². The Bertz CT molecular complexity index is 591. The molecule has 2 N–H and O–H groups in total. The molecule has 1 aromatic carbocycles. The number of halogens is 3. The molecule has 0 aliphatic carbocycles. The van der Waals surface area contributed by atoms with Crippen molar-refractivity contribution in [1.29, 1.82) is 0 Å². The largest absolute Gasteiger partial charge is 0.370 e. The first-order valence-corrected chi connectivity index (χ1v) is 7.34. The topological polar surface area (TPSA) is 35.5 Å². The molecule has 1 saturated heterocycles. The standard InChI is InChI=1S/C15H17ClF2N2O/c1-9-6-7-20(8-15(9,17)18)12-4-3-11-10(14(12)16)2-5-13(21)19-11/h2-5,9,13,19,21H,6-8H2,1H3. The SMILES string of the molecule is CC1CCN(c2ccc3c(c2Cl)C=CC(O)N3)CC1(F)F. The molecule has 0 aromatic heterocycles. The predicted molar refractivity (Wildman–Crippen MR) is 81.1 cm³/mol. The fourth-order valence-corrected chi connectivity index (χ4v) is 3.11. The number of aliphatic hydroxyl groups excluding tert-OH is 1. The molecule has 0 spiro atoms. The van der Waals surface area contributed by atoms with Crippen molar-refractivity contribution in [2.75, 3.05) is 23.3 Å². The van der Waals surface area contributed by atoms with Gasteiger partial charge in [0.15, 0.2) is 0 Å². The first kappa shape index (κ1) is 14.6. The summed E-state index contributed by atoms with van der Waals surface area (Å²) in [7, 11) is 0. The molecular weight excluding hydrogens is 298 g/mol. The van der Waals surface area contributed by atoms with Crippen LogP contribution in [-0.2, 0) is 0 Å². The molecule has 2 aliphatic heterocycles. The highest BCUT2D eigenvalue weighted by atomic mass is 35.5. The highest BCUT2D eigenvalue weighted by Crippen LogP contribution is 2.41. The Hall–Kier alpha value is -1.33. The van der Waals surface area contributed by atoms with Gasteiger partial charge in [0.05, 0.1) is 17.3 Å². The van der Waals surface area contributed by atoms with Gasteiger partial charge in [0, 0.05) is 23.7 Å². The molecule has 21 heavy (non-hydrogen) atoms. The number of benzene rings is 1. The molecule has 1 fully saturated rings. The summed E-state index contributed by atoms with van der Waals surface area (Å²) in [5.74, 6) is -3.32. The normalized spacial score (nSPS) is 27.2. The lowest BCUT2D eigenvalue weighted by molar-refractivity contribution is -0.0571. The van der Waals surface area contributed by atoms with Gasteiger partial charge in [-0.2, -0.15) is 0 Å². The molecule has 0 bridgehead atoms. The minimum atomic E-state index is -2.71. The van der Waals surface area contributed by atoms with Gasteiger partial charge in [0.2, 0.25) is 0 Å². The lowest BCUT2D eigenvalue weighted by atomic mass is 9.94. The molecule has 0 saturated carbocycles. The number of piperidine rings is 1. The van der Waals surface area contributed by atoms with Crippen molar-refractivity contribution >= 4 is 29.1 Å². The van der Waals surface area contributed by atoms with Gasteiger partial charge in [-0.25, -0.2) is 8.78 Å². The number of hydrogen-bond donors (Lipinski definition) is 2. The van der Waals surface area contributed by atoms with E-state index in [1.807, 2.05) is 0 Å². The Morgan fingerprint density at radius 3 is 2.90 bits per heavy atom. The minimum Gasteiger partial charge on any atom is -0.370 e. The van der Waals surface area contributed by atoms with Gasteiger partial charge in [-0.1, -0.05) is 24.6 Å². The molecule has 114 valence electrons. The van der Waals surface area contributed by atoms with E-state index in [4.69, 9.17) is 11.6 Å². The van der Waals surface area contributed by atoms with Crippen LogP contribution in [-0.4, -0.2) is 30.3 Å². The Morgan fingerprint density at radius 1 is 1.43 bits per heavy atom. The first-order valence-electron chi connectivity index (χ1n) is 6.96. The van der Waals surface area contributed by atoms with Gasteiger partial charge >= 0.3 is 0 Å². The smallest absolute Gasteiger partial charge is 0.267 e. The summed E-state index contributed by atoms with van der Waals surface area (Å²) >= 11 is 6.38. The third-order valence-electron chi connectivity index (χ3n) is 4.20. The van der Waals surface area contributed by atoms with Crippen molar-refractivity contribution in [3.63, 3.8) is 0 Å². The second-order valence-corrected chi connectivity index (χ2v) is 6.06. The fourth-order valence-electron chi connectivity index (χ4n) is 2.76. The zero-order chi connectivity index (χ0) is 15.2. The van der Waals surface area contributed by atoms with Crippen LogP contribution in [0.3, 0.4) is 0 Å². The molecule has 2 unspecified atom stereocenters. The van der Waals surface area contributed by atoms with Crippen LogP contribution in [0.4, 0.5) is 20.2 Å². The maximum atomic E-state index is 13.9. The van der Waals surface area contributed by atoms with Crippen LogP contribution in [0.15, 0.2) is 18.2 Å². The average molecular weight is 315 g/mol. The summed E-state index contributed by atoms with van der Waals surface area (Å²) in [5, 5.41) is 12.8. The first-order chi connectivity index (χ1) is 9.88. The maximum Gasteiger partial charge on any atom is 0.267 e. The summed E-state index contributed by atoms with van der Waals surface area (Å²) in [6, 6.07) is 3.49. The summed E-state index contributed by atoms with van der Waals surface area (Å²) in [4.78, 5) is 1.64. The zero-order valence-corrected chi connectivity index (χ0v) is 12.4. The van der Waals surface area contributed by atoms with Crippen LogP contribution in [0.5, 0.6) is 0 Å². The second kappa shape index (κ2) is 5.14. The molecule has 6 heteroatoms. The zero-order valence-electron chi connectivity index (χ0n) is 11.6. The van der Waals surface area contributed by atoms with Crippen molar-refractivity contribution in [2.45, 2.75) is 25.5 Å². The van der Waals surface area contributed by atoms with Crippen molar-refractivity contribution in [3.8, 4) is 0 Å². The van der Waals surface area contributed by atoms with E-state index in [0.717, 1.165) is 5.56 Å². The van der Waals surface area contributed by atoms with Crippen LogP contribution in [0.2, 0.25) is 5.02 Å². The minimum absolute atomic E-state index is 0.313. The summed E-state index contributed by atoms with van der Waals surface area (Å²) < 4.78 is 27.8. The predicted octanol–water partition coefficient (Wildman–Crippen LogP) is 3.58. The molecule has 1 aromatic rings. The number of nitrogens with zero attached hydrogens (tertiary/aromatic N) is 1. The monoisotopic (exact) mass is 314 g/mol. The lowest BCUT2D eigenvalue weighted by Gasteiger charge is -2.39. The van der Waals surface area contributed by atoms with E-state index >= 15 is 0 Å². The molecule has 2 atom stereocenters. The van der Waals surface area contributed by atoms with E-state index in [2.05, 4.69) is 5.32 Å². The van der Waals surface area contributed by atoms with Crippen molar-refractivity contribution in [3.05, 3.63) is 28.8 Å². The van der Waals surface area contributed by atoms with Gasteiger partial charge in [-0.3, -0.25) is 0 Å². The van der Waals surface area contributed by atoms with E-state index in [0.29, 0.717) is 29.4 Å². The number of hydrogen-bond acceptors (Lipinski definition) is 3. The summed E-state index contributed by atoms with van der Waals surface area (Å²) in [6.45, 7) is 1.83. The molecule has 3 nitrogen and oxygen atoms in total. The summed E-state index contributed by atoms with van der Waals surface area (Å²) in [5.41, 5.74) is 2.04. The van der Waals surface area contributed by atoms with Gasteiger partial charge < -0.3 is 15.3 Å². The maximum absolute atomic E-state index is 13.9. The van der Waals surface area contributed by atoms with Gasteiger partial charge in [-0.05, 0) is 24.6 Å². The Kier molecular flexibility index (Phi) is 3.58. The molecule has 0 radical (unpaired) electrons. The Labute approximate surface area is 127 Å². The van der Waals surface area contributed by atoms with E-state index in [1.165, 1.54) is 0 Å². The number of nitrogens with one attached hydrogen (secondary N) is 1. The quantitative estimate of drug-likeness (QED) is 0.831. The number of rotatable bonds is 1. The molecule has 0 amide bonds. The number of aliphatic hydroxyl groups is 1. The fraction of sp³-hybridized carbons (Fsp3) is 0.467. The number of alkyl halides is 2. The van der Waals surface area contributed by atoms with Crippen molar-refractivity contribution in [2.24, 2.45) is 5.92 Å². The van der Waals surface area contributed by atoms with Gasteiger partial charge in [-0.15, -0.1) is 0 Å². The van der Waals surface area contributed by atoms with Crippen LogP contribution in [0.1, 0.15) is 18.9 Å². The van der Waals surface area contributed by atoms with Crippen LogP contribution >= 0.6 is 11.6 Å². The second-order valence-electron chi connectivity index (χ2n) is 5.68. The van der Waals surface area contributed by atoms with Gasteiger partial charge in [0.1, 0.15) is 6.23 Å². The number of fused-ring (bicyclic) bond motifs is 1. The third kappa shape index (κ3) is 2.60. The van der Waals surface area contributed by atoms with Crippen molar-refractivity contribution < 1.29 is 13.9 Å². The lowest BCUT2D eigenvalue weighted by Crippen LogP contribution is -2.47. The average Bonchev–Trinajstić information content (AvgIpc) is 2.42. The summed E-state index contributed by atoms with van der Waals surface area (Å²) in [6.07, 6.45) is 2.98. The van der Waals surface area contributed by atoms with E-state index in [1.54, 1.807) is 36.1 Å². The van der Waals surface area contributed by atoms with Crippen LogP contribution < -0.4 is 10.2 Å². The molecule has 3 rings (SSSR count). The van der Waals surface area contributed by atoms with E-state index in [9.17, 15) is 13.9 Å². The van der Waals surface area contributed by atoms with E-state index < -0.39 is 18.1 Å². The van der Waals surface area contributed by atoms with Crippen molar-refractivity contribution in [1.82, 2.24) is 0 Å². The van der Waals surface area contributed by atoms with E-state index in [-0.39, 0.29) is 6.54 Å².